The second-order valence-electron chi connectivity index (χ2n) is 8.79. The lowest BCUT2D eigenvalue weighted by molar-refractivity contribution is -0.141. The molecule has 0 aliphatic carbocycles. The number of nitrogens with zero attached hydrogens (tertiary/aromatic N) is 3. The molecule has 0 bridgehead atoms. The number of aliphatic hydroxyl groups is 1. The van der Waals surface area contributed by atoms with E-state index in [4.69, 9.17) is 4.74 Å². The standard InChI is InChI=1S/C23H34N4O4/c28-21(17-25-8-5-18-3-1-2-4-20(18)16-25)15-24-23(30)27-9-6-19(7-10-27)22(29)26-11-13-31-14-12-26/h1-4,19,21,28H,5-17H2,(H,24,30)/t21-/m0/s1. The second kappa shape index (κ2) is 10.4. The molecule has 0 unspecified atom stereocenters. The average Bonchev–Trinajstić information content (AvgIpc) is 2.82. The summed E-state index contributed by atoms with van der Waals surface area (Å²) < 4.78 is 5.32. The number of morpholine rings is 1. The Balaban J connectivity index is 1.15. The summed E-state index contributed by atoms with van der Waals surface area (Å²) in [7, 11) is 0. The molecule has 2 fully saturated rings. The molecule has 2 saturated heterocycles. The molecule has 3 aliphatic heterocycles. The largest absolute Gasteiger partial charge is 0.390 e. The van der Waals surface area contributed by atoms with Crippen LogP contribution in [0.4, 0.5) is 4.79 Å². The summed E-state index contributed by atoms with van der Waals surface area (Å²) in [5.41, 5.74) is 2.71. The highest BCUT2D eigenvalue weighted by Gasteiger charge is 2.31. The summed E-state index contributed by atoms with van der Waals surface area (Å²) >= 11 is 0. The summed E-state index contributed by atoms with van der Waals surface area (Å²) in [5, 5.41) is 13.3. The lowest BCUT2D eigenvalue weighted by atomic mass is 9.95. The molecule has 1 aromatic carbocycles. The number of nitrogens with one attached hydrogen (secondary N) is 1. The van der Waals surface area contributed by atoms with Crippen molar-refractivity contribution in [3.63, 3.8) is 0 Å². The SMILES string of the molecule is O=C(NC[C@H](O)CN1CCc2ccccc2C1)N1CCC(C(=O)N2CCOCC2)CC1. The van der Waals surface area contributed by atoms with E-state index in [1.165, 1.54) is 11.1 Å². The van der Waals surface area contributed by atoms with Crippen LogP contribution in [0.1, 0.15) is 24.0 Å². The summed E-state index contributed by atoms with van der Waals surface area (Å²) in [6.45, 7) is 6.25. The minimum Gasteiger partial charge on any atom is -0.390 e. The van der Waals surface area contributed by atoms with Gasteiger partial charge in [-0.3, -0.25) is 9.69 Å². The molecule has 8 heteroatoms. The zero-order valence-electron chi connectivity index (χ0n) is 18.2. The van der Waals surface area contributed by atoms with Gasteiger partial charge in [-0.05, 0) is 30.4 Å². The monoisotopic (exact) mass is 430 g/mol. The third kappa shape index (κ3) is 5.75. The van der Waals surface area contributed by atoms with Gasteiger partial charge in [0.15, 0.2) is 0 Å². The van der Waals surface area contributed by atoms with Crippen LogP contribution in [0.3, 0.4) is 0 Å². The zero-order chi connectivity index (χ0) is 21.6. The number of rotatable bonds is 5. The van der Waals surface area contributed by atoms with Gasteiger partial charge in [-0.1, -0.05) is 24.3 Å². The van der Waals surface area contributed by atoms with Crippen molar-refractivity contribution in [1.29, 1.82) is 0 Å². The number of carbonyl (C=O) groups is 2. The van der Waals surface area contributed by atoms with E-state index in [0.29, 0.717) is 58.8 Å². The van der Waals surface area contributed by atoms with Gasteiger partial charge in [-0.15, -0.1) is 0 Å². The van der Waals surface area contributed by atoms with Crippen molar-refractivity contribution in [2.45, 2.75) is 31.9 Å². The van der Waals surface area contributed by atoms with Crippen LogP contribution in [0.2, 0.25) is 0 Å². The van der Waals surface area contributed by atoms with Crippen molar-refractivity contribution < 1.29 is 19.4 Å². The first-order valence-corrected chi connectivity index (χ1v) is 11.5. The van der Waals surface area contributed by atoms with Crippen LogP contribution >= 0.6 is 0 Å². The van der Waals surface area contributed by atoms with Crippen LogP contribution in [0.5, 0.6) is 0 Å². The van der Waals surface area contributed by atoms with Gasteiger partial charge in [0.05, 0.1) is 19.3 Å². The van der Waals surface area contributed by atoms with Crippen molar-refractivity contribution in [2.24, 2.45) is 5.92 Å². The van der Waals surface area contributed by atoms with Crippen LogP contribution in [-0.2, 0) is 22.5 Å². The predicted molar refractivity (Wildman–Crippen MR) is 117 cm³/mol. The first-order chi connectivity index (χ1) is 15.1. The minimum absolute atomic E-state index is 0.00489. The summed E-state index contributed by atoms with van der Waals surface area (Å²) in [4.78, 5) is 31.0. The van der Waals surface area contributed by atoms with Gasteiger partial charge in [0.2, 0.25) is 5.91 Å². The lowest BCUT2D eigenvalue weighted by Crippen LogP contribution is -2.50. The van der Waals surface area contributed by atoms with Gasteiger partial charge in [-0.2, -0.15) is 0 Å². The number of ether oxygens (including phenoxy) is 1. The van der Waals surface area contributed by atoms with E-state index in [0.717, 1.165) is 19.5 Å². The summed E-state index contributed by atoms with van der Waals surface area (Å²) in [6.07, 6.45) is 1.78. The highest BCUT2D eigenvalue weighted by Crippen LogP contribution is 2.21. The number of urea groups is 1. The summed E-state index contributed by atoms with van der Waals surface area (Å²) in [5.74, 6) is 0.191. The molecule has 0 saturated carbocycles. The number of carbonyl (C=O) groups excluding carboxylic acids is 2. The molecule has 3 amide bonds. The number of amides is 3. The van der Waals surface area contributed by atoms with Gasteiger partial charge in [0, 0.05) is 58.3 Å². The summed E-state index contributed by atoms with van der Waals surface area (Å²) in [6, 6.07) is 8.28. The Kier molecular flexibility index (Phi) is 7.42. The third-order valence-electron chi connectivity index (χ3n) is 6.62. The van der Waals surface area contributed by atoms with E-state index in [2.05, 4.69) is 34.5 Å². The molecule has 3 aliphatic rings. The Hall–Kier alpha value is -2.16. The molecule has 0 aromatic heterocycles. The van der Waals surface area contributed by atoms with Crippen molar-refractivity contribution in [1.82, 2.24) is 20.0 Å². The Morgan fingerprint density at radius 3 is 2.48 bits per heavy atom. The maximum absolute atomic E-state index is 12.6. The van der Waals surface area contributed by atoms with Gasteiger partial charge in [0.25, 0.3) is 0 Å². The molecular formula is C23H34N4O4. The molecular weight excluding hydrogens is 396 g/mol. The van der Waals surface area contributed by atoms with Crippen molar-refractivity contribution >= 4 is 11.9 Å². The number of hydrogen-bond donors (Lipinski definition) is 2. The van der Waals surface area contributed by atoms with E-state index in [1.807, 2.05) is 4.90 Å². The maximum atomic E-state index is 12.6. The molecule has 3 heterocycles. The second-order valence-corrected chi connectivity index (χ2v) is 8.79. The predicted octanol–water partition coefficient (Wildman–Crippen LogP) is 0.686. The number of fused-ring (bicyclic) bond motifs is 1. The number of aliphatic hydroxyl groups excluding tert-OH is 1. The lowest BCUT2D eigenvalue weighted by Gasteiger charge is -2.35. The smallest absolute Gasteiger partial charge is 0.317 e. The van der Waals surface area contributed by atoms with Crippen LogP contribution in [-0.4, -0.2) is 96.9 Å². The zero-order valence-corrected chi connectivity index (χ0v) is 18.2. The molecule has 0 radical (unpaired) electrons. The molecule has 31 heavy (non-hydrogen) atoms. The third-order valence-corrected chi connectivity index (χ3v) is 6.62. The Labute approximate surface area is 184 Å². The molecule has 170 valence electrons. The number of β-amino-alcohol motifs (C(OH)–C–C–N with tert-alkyl or cyclic N) is 1. The number of hydrogen-bond acceptors (Lipinski definition) is 5. The molecule has 1 aromatic rings. The number of piperidine rings is 1. The molecule has 1 atom stereocenters. The highest BCUT2D eigenvalue weighted by atomic mass is 16.5. The normalized spacial score (nSPS) is 21.5. The van der Waals surface area contributed by atoms with Crippen LogP contribution in [0.15, 0.2) is 24.3 Å². The van der Waals surface area contributed by atoms with E-state index in [9.17, 15) is 14.7 Å². The molecule has 4 rings (SSSR count). The van der Waals surface area contributed by atoms with Crippen LogP contribution < -0.4 is 5.32 Å². The van der Waals surface area contributed by atoms with Crippen molar-refractivity contribution in [3.8, 4) is 0 Å². The first-order valence-electron chi connectivity index (χ1n) is 11.5. The fourth-order valence-corrected chi connectivity index (χ4v) is 4.76. The highest BCUT2D eigenvalue weighted by molar-refractivity contribution is 5.80. The van der Waals surface area contributed by atoms with Gasteiger partial charge >= 0.3 is 6.03 Å². The van der Waals surface area contributed by atoms with Gasteiger partial charge in [-0.25, -0.2) is 4.79 Å². The Morgan fingerprint density at radius 2 is 1.74 bits per heavy atom. The first kappa shape index (κ1) is 22.0. The van der Waals surface area contributed by atoms with Crippen LogP contribution in [0, 0.1) is 5.92 Å². The van der Waals surface area contributed by atoms with Crippen LogP contribution in [0.25, 0.3) is 0 Å². The number of benzene rings is 1. The maximum Gasteiger partial charge on any atom is 0.317 e. The molecule has 8 nitrogen and oxygen atoms in total. The topological polar surface area (TPSA) is 85.3 Å². The van der Waals surface area contributed by atoms with Crippen molar-refractivity contribution in [3.05, 3.63) is 35.4 Å². The van der Waals surface area contributed by atoms with E-state index < -0.39 is 6.10 Å². The fraction of sp³-hybridized carbons (Fsp3) is 0.652. The van der Waals surface area contributed by atoms with Gasteiger partial charge < -0.3 is 25.0 Å². The van der Waals surface area contributed by atoms with Gasteiger partial charge in [0.1, 0.15) is 0 Å². The number of likely N-dealkylation sites (tertiary alicyclic amines) is 1. The van der Waals surface area contributed by atoms with E-state index in [1.54, 1.807) is 4.90 Å². The Bertz CT molecular complexity index is 760. The van der Waals surface area contributed by atoms with E-state index >= 15 is 0 Å². The van der Waals surface area contributed by atoms with Crippen molar-refractivity contribution in [2.75, 3.05) is 59.0 Å². The average molecular weight is 431 g/mol. The van der Waals surface area contributed by atoms with E-state index in [-0.39, 0.29) is 24.4 Å². The molecule has 0 spiro atoms. The molecule has 2 N–H and O–H groups in total. The minimum atomic E-state index is -0.602. The Morgan fingerprint density at radius 1 is 1.03 bits per heavy atom. The fourth-order valence-electron chi connectivity index (χ4n) is 4.76. The quantitative estimate of drug-likeness (QED) is 0.718.